The van der Waals surface area contributed by atoms with E-state index in [1.807, 2.05) is 0 Å². The smallest absolute Gasteiger partial charge is 0.326 e. The van der Waals surface area contributed by atoms with Gasteiger partial charge in [-0.05, 0) is 58.3 Å². The summed E-state index contributed by atoms with van der Waals surface area (Å²) in [6.45, 7) is 4.51. The molecule has 364 valence electrons. The van der Waals surface area contributed by atoms with Crippen LogP contribution in [0.1, 0.15) is 85.5 Å². The number of carbonyl (C=O) groups is 12. The van der Waals surface area contributed by atoms with Gasteiger partial charge in [-0.25, -0.2) is 4.79 Å². The minimum atomic E-state index is -1.44. The van der Waals surface area contributed by atoms with Crippen molar-refractivity contribution in [2.45, 2.75) is 134 Å². The number of nitrogens with one attached hydrogen (secondary N) is 7. The summed E-state index contributed by atoms with van der Waals surface area (Å²) in [5, 5.41) is 35.7. The van der Waals surface area contributed by atoms with Gasteiger partial charge in [0.2, 0.25) is 65.0 Å². The van der Waals surface area contributed by atoms with Gasteiger partial charge in [-0.2, -0.15) is 0 Å². The summed E-state index contributed by atoms with van der Waals surface area (Å²) < 4.78 is 0. The topological polar surface area (TPSA) is 414 Å². The Bertz CT molecular complexity index is 1800. The number of aliphatic carboxylic acids is 1. The van der Waals surface area contributed by atoms with Crippen LogP contribution in [0.4, 0.5) is 0 Å². The van der Waals surface area contributed by atoms with Crippen LogP contribution in [-0.2, 0) is 57.5 Å². The molecule has 9 atom stereocenters. The Balaban J connectivity index is 1.99. The highest BCUT2D eigenvalue weighted by molar-refractivity contribution is 5.97. The molecule has 2 heterocycles. The van der Waals surface area contributed by atoms with Gasteiger partial charge in [-0.15, -0.1) is 0 Å². The summed E-state index contributed by atoms with van der Waals surface area (Å²) in [7, 11) is 0. The van der Waals surface area contributed by atoms with Crippen molar-refractivity contribution in [2.75, 3.05) is 32.7 Å². The number of carbonyl (C=O) groups excluding carboxylic acids is 11. The largest absolute Gasteiger partial charge is 0.480 e. The van der Waals surface area contributed by atoms with E-state index in [0.29, 0.717) is 25.7 Å². The van der Waals surface area contributed by atoms with E-state index < -0.39 is 145 Å². The van der Waals surface area contributed by atoms with Gasteiger partial charge in [0.15, 0.2) is 0 Å². The molecule has 65 heavy (non-hydrogen) atoms. The standard InChI is InChI=1S/C39H64N12O14/c1-5-19(2)32(37(62)46-20(3)33(58)43-16-28(55)47-23(39(64)65)11-13-27(41)54)49-29(56)17-44-34(59)22(10-12-26(40)53)48-36(61)25-9-6-14-50(25)30(57)18-45-35(60)24-8-7-15-51(24)38(63)31(42)21(4)52/h19-25,31-32,52H,5-18,42H2,1-4H3,(H2,40,53)(H2,41,54)(H,43,58)(H,44,59)(H,45,60)(H,46,62)(H,47,55)(H,48,61)(H,49,56)(H,64,65)/t19-,20-,21+,22-,23-,24-,25-,31-,32-/m0/s1. The molecule has 11 amide bonds. The van der Waals surface area contributed by atoms with Gasteiger partial charge in [0.05, 0.1) is 25.7 Å². The summed E-state index contributed by atoms with van der Waals surface area (Å²) >= 11 is 0. The van der Waals surface area contributed by atoms with Crippen molar-refractivity contribution >= 4 is 70.9 Å². The Morgan fingerprint density at radius 1 is 0.646 bits per heavy atom. The van der Waals surface area contributed by atoms with E-state index >= 15 is 0 Å². The van der Waals surface area contributed by atoms with Crippen molar-refractivity contribution in [2.24, 2.45) is 23.1 Å². The van der Waals surface area contributed by atoms with Crippen molar-refractivity contribution in [1.29, 1.82) is 0 Å². The van der Waals surface area contributed by atoms with Crippen LogP contribution < -0.4 is 54.4 Å². The second-order valence-corrected chi connectivity index (χ2v) is 16.0. The lowest BCUT2D eigenvalue weighted by molar-refractivity contribution is -0.142. The normalized spacial score (nSPS) is 18.9. The number of primary amides is 2. The fourth-order valence-electron chi connectivity index (χ4n) is 6.94. The van der Waals surface area contributed by atoms with Gasteiger partial charge in [0, 0.05) is 25.9 Å². The summed E-state index contributed by atoms with van der Waals surface area (Å²) in [5.74, 6) is -10.4. The molecule has 2 rings (SSSR count). The SMILES string of the molecule is CC[C@H](C)[C@H](NC(=O)CNC(=O)[C@H](CCC(N)=O)NC(=O)[C@@H]1CCCN1C(=O)CNC(=O)[C@@H]1CCCN1C(=O)[C@@H](N)[C@@H](C)O)C(=O)N[C@@H](C)C(=O)NCC(=O)N[C@@H](CCC(N)=O)C(=O)O. The van der Waals surface area contributed by atoms with Crippen LogP contribution in [0.5, 0.6) is 0 Å². The van der Waals surface area contributed by atoms with Crippen LogP contribution in [0.15, 0.2) is 0 Å². The number of rotatable bonds is 26. The first-order chi connectivity index (χ1) is 30.5. The molecule has 0 unspecified atom stereocenters. The average molecular weight is 925 g/mol. The van der Waals surface area contributed by atoms with Crippen molar-refractivity contribution in [1.82, 2.24) is 47.0 Å². The molecule has 0 spiro atoms. The third-order valence-electron chi connectivity index (χ3n) is 11.0. The number of hydrogen-bond acceptors (Lipinski definition) is 14. The zero-order valence-electron chi connectivity index (χ0n) is 37.0. The Kier molecular flexibility index (Phi) is 22.2. The molecule has 26 heteroatoms. The Hall–Kier alpha value is -6.44. The van der Waals surface area contributed by atoms with Gasteiger partial charge in [0.1, 0.15) is 42.3 Å². The third kappa shape index (κ3) is 17.6. The van der Waals surface area contributed by atoms with Gasteiger partial charge in [-0.1, -0.05) is 20.3 Å². The van der Waals surface area contributed by atoms with Crippen molar-refractivity contribution in [3.63, 3.8) is 0 Å². The van der Waals surface area contributed by atoms with E-state index in [4.69, 9.17) is 17.2 Å². The lowest BCUT2D eigenvalue weighted by Gasteiger charge is -2.28. The summed E-state index contributed by atoms with van der Waals surface area (Å²) in [6.07, 6.45) is -0.576. The van der Waals surface area contributed by atoms with Crippen LogP contribution >= 0.6 is 0 Å². The van der Waals surface area contributed by atoms with Crippen LogP contribution in [0.3, 0.4) is 0 Å². The molecule has 2 fully saturated rings. The quantitative estimate of drug-likeness (QED) is 0.0384. The van der Waals surface area contributed by atoms with E-state index in [0.717, 1.165) is 0 Å². The molecular weight excluding hydrogens is 860 g/mol. The number of nitrogens with zero attached hydrogens (tertiary/aromatic N) is 2. The third-order valence-corrected chi connectivity index (χ3v) is 11.0. The molecule has 0 aromatic rings. The summed E-state index contributed by atoms with van der Waals surface area (Å²) in [4.78, 5) is 154. The Morgan fingerprint density at radius 2 is 1.17 bits per heavy atom. The molecule has 2 aliphatic heterocycles. The first-order valence-corrected chi connectivity index (χ1v) is 21.3. The van der Waals surface area contributed by atoms with Gasteiger partial charge < -0.3 is 74.4 Å². The second-order valence-electron chi connectivity index (χ2n) is 16.0. The van der Waals surface area contributed by atoms with Crippen LogP contribution in [0.2, 0.25) is 0 Å². The highest BCUT2D eigenvalue weighted by atomic mass is 16.4. The monoisotopic (exact) mass is 924 g/mol. The number of hydrogen-bond donors (Lipinski definition) is 12. The number of carboxylic acids is 1. The number of aliphatic hydroxyl groups excluding tert-OH is 1. The maximum Gasteiger partial charge on any atom is 0.326 e. The van der Waals surface area contributed by atoms with Gasteiger partial charge in [-0.3, -0.25) is 52.7 Å². The predicted octanol–water partition coefficient (Wildman–Crippen LogP) is -6.35. The van der Waals surface area contributed by atoms with Crippen molar-refractivity contribution in [3.8, 4) is 0 Å². The molecular formula is C39H64N12O14. The van der Waals surface area contributed by atoms with Gasteiger partial charge >= 0.3 is 5.97 Å². The van der Waals surface area contributed by atoms with Crippen molar-refractivity contribution in [3.05, 3.63) is 0 Å². The van der Waals surface area contributed by atoms with Gasteiger partial charge in [0.25, 0.3) is 0 Å². The minimum absolute atomic E-state index is 0.143. The summed E-state index contributed by atoms with van der Waals surface area (Å²) in [6, 6.07) is -8.53. The van der Waals surface area contributed by atoms with Crippen LogP contribution in [0, 0.1) is 5.92 Å². The zero-order chi connectivity index (χ0) is 49.1. The van der Waals surface area contributed by atoms with E-state index in [2.05, 4.69) is 37.2 Å². The lowest BCUT2D eigenvalue weighted by Crippen LogP contribution is -2.57. The highest BCUT2D eigenvalue weighted by Gasteiger charge is 2.39. The van der Waals surface area contributed by atoms with E-state index in [-0.39, 0.29) is 45.2 Å². The number of carboxylic acid groups (broad SMARTS) is 1. The predicted molar refractivity (Wildman–Crippen MR) is 225 cm³/mol. The number of aliphatic hydroxyl groups is 1. The molecule has 26 nitrogen and oxygen atoms in total. The number of nitrogens with two attached hydrogens (primary N) is 3. The van der Waals surface area contributed by atoms with E-state index in [9.17, 15) is 67.7 Å². The fraction of sp³-hybridized carbons (Fsp3) is 0.692. The van der Waals surface area contributed by atoms with Crippen molar-refractivity contribution < 1.29 is 67.7 Å². The Labute approximate surface area is 375 Å². The molecule has 2 aliphatic rings. The fourth-order valence-corrected chi connectivity index (χ4v) is 6.94. The van der Waals surface area contributed by atoms with E-state index in [1.165, 1.54) is 23.6 Å². The zero-order valence-corrected chi connectivity index (χ0v) is 37.0. The molecule has 2 saturated heterocycles. The maximum atomic E-state index is 13.5. The second kappa shape index (κ2) is 26.4. The first-order valence-electron chi connectivity index (χ1n) is 21.3. The molecule has 15 N–H and O–H groups in total. The van der Waals surface area contributed by atoms with Crippen LogP contribution in [-0.4, -0.2) is 172 Å². The molecule has 0 aromatic heterocycles. The molecule has 0 saturated carbocycles. The molecule has 0 bridgehead atoms. The van der Waals surface area contributed by atoms with E-state index in [1.54, 1.807) is 13.8 Å². The van der Waals surface area contributed by atoms with Crippen LogP contribution in [0.25, 0.3) is 0 Å². The first kappa shape index (κ1) is 54.7. The highest BCUT2D eigenvalue weighted by Crippen LogP contribution is 2.20. The lowest BCUT2D eigenvalue weighted by atomic mass is 9.98. The molecule has 0 radical (unpaired) electrons. The minimum Gasteiger partial charge on any atom is -0.480 e. The molecule has 0 aromatic carbocycles. The maximum absolute atomic E-state index is 13.5. The number of amides is 11. The average Bonchev–Trinajstić information content (AvgIpc) is 3.96. The molecule has 0 aliphatic carbocycles. The summed E-state index contributed by atoms with van der Waals surface area (Å²) in [5.41, 5.74) is 16.1. The Morgan fingerprint density at radius 3 is 1.71 bits per heavy atom. The number of likely N-dealkylation sites (tertiary alicyclic amines) is 2.